The summed E-state index contributed by atoms with van der Waals surface area (Å²) in [4.78, 5) is 26.2. The molecule has 2 N–H and O–H groups in total. The van der Waals surface area contributed by atoms with Crippen LogP contribution in [-0.2, 0) is 14.3 Å². The predicted octanol–water partition coefficient (Wildman–Crippen LogP) is 3.47. The zero-order valence-electron chi connectivity index (χ0n) is 20.7. The Kier molecular flexibility index (Phi) is 7.16. The molecule has 188 valence electrons. The number of methoxy groups -OCH3 is 1. The van der Waals surface area contributed by atoms with E-state index in [1.165, 1.54) is 12.7 Å². The Morgan fingerprint density at radius 1 is 1.14 bits per heavy atom. The quantitative estimate of drug-likeness (QED) is 0.280. The second kappa shape index (κ2) is 10.6. The van der Waals surface area contributed by atoms with Crippen LogP contribution in [0.15, 0.2) is 59.7 Å². The van der Waals surface area contributed by atoms with Crippen molar-refractivity contribution in [3.8, 4) is 0 Å². The van der Waals surface area contributed by atoms with E-state index in [9.17, 15) is 9.59 Å². The number of hydrazone groups is 1. The van der Waals surface area contributed by atoms with E-state index in [1.807, 2.05) is 37.3 Å². The van der Waals surface area contributed by atoms with E-state index < -0.39 is 0 Å². The van der Waals surface area contributed by atoms with Crippen molar-refractivity contribution in [1.82, 2.24) is 10.3 Å². The fourth-order valence-corrected chi connectivity index (χ4v) is 5.30. The summed E-state index contributed by atoms with van der Waals surface area (Å²) >= 11 is 0. The van der Waals surface area contributed by atoms with Gasteiger partial charge in [-0.3, -0.25) is 9.69 Å². The first-order valence-corrected chi connectivity index (χ1v) is 12.4. The molecular formula is C28H32N4O4. The summed E-state index contributed by atoms with van der Waals surface area (Å²) in [5, 5.41) is 8.10. The highest BCUT2D eigenvalue weighted by Crippen LogP contribution is 2.50. The van der Waals surface area contributed by atoms with Crippen LogP contribution in [0.25, 0.3) is 0 Å². The van der Waals surface area contributed by atoms with Crippen LogP contribution in [-0.4, -0.2) is 62.4 Å². The molecule has 2 aromatic carbocycles. The lowest BCUT2D eigenvalue weighted by molar-refractivity contribution is -0.123. The van der Waals surface area contributed by atoms with Gasteiger partial charge in [0.25, 0.3) is 5.91 Å². The van der Waals surface area contributed by atoms with Gasteiger partial charge in [0.2, 0.25) is 0 Å². The van der Waals surface area contributed by atoms with Gasteiger partial charge in [0.15, 0.2) is 0 Å². The van der Waals surface area contributed by atoms with Crippen molar-refractivity contribution in [3.63, 3.8) is 0 Å². The standard InChI is InChI=1S/C28H32N4O4/c1-18(30-31-26(33)17-32-12-14-36-15-13-32)21-10-11-25-24(16-21)22-4-3-5-23(22)27(29-25)19-6-8-20(9-7-19)28(34)35-2/h3-4,6-11,16,22-23,27,29H,5,12-15,17H2,1-2H3,(H,31,33)/b30-18-/t22-,23+,27+/m1/s1. The van der Waals surface area contributed by atoms with Gasteiger partial charge in [0.1, 0.15) is 0 Å². The molecule has 3 aliphatic rings. The van der Waals surface area contributed by atoms with Gasteiger partial charge in [-0.05, 0) is 60.2 Å². The molecule has 8 nitrogen and oxygen atoms in total. The van der Waals surface area contributed by atoms with Crippen molar-refractivity contribution < 1.29 is 19.1 Å². The fraction of sp³-hybridized carbons (Fsp3) is 0.393. The Bertz CT molecular complexity index is 1180. The highest BCUT2D eigenvalue weighted by atomic mass is 16.5. The summed E-state index contributed by atoms with van der Waals surface area (Å²) in [7, 11) is 1.39. The van der Waals surface area contributed by atoms with Crippen LogP contribution >= 0.6 is 0 Å². The molecule has 2 aliphatic heterocycles. The van der Waals surface area contributed by atoms with E-state index >= 15 is 0 Å². The zero-order valence-corrected chi connectivity index (χ0v) is 20.7. The van der Waals surface area contributed by atoms with Gasteiger partial charge in [0, 0.05) is 24.7 Å². The number of esters is 1. The first-order valence-electron chi connectivity index (χ1n) is 12.4. The molecule has 1 fully saturated rings. The number of hydrogen-bond donors (Lipinski definition) is 2. The number of nitrogens with zero attached hydrogens (tertiary/aromatic N) is 2. The number of allylic oxidation sites excluding steroid dienone is 2. The average Bonchev–Trinajstić information content (AvgIpc) is 3.42. The summed E-state index contributed by atoms with van der Waals surface area (Å²) in [6.45, 7) is 5.09. The molecule has 1 saturated heterocycles. The lowest BCUT2D eigenvalue weighted by Crippen LogP contribution is -2.42. The zero-order chi connectivity index (χ0) is 25.1. The average molecular weight is 489 g/mol. The normalized spacial score (nSPS) is 23.4. The van der Waals surface area contributed by atoms with Crippen molar-refractivity contribution in [3.05, 3.63) is 76.9 Å². The maximum Gasteiger partial charge on any atom is 0.337 e. The SMILES string of the molecule is COC(=O)c1ccc([C@@H]2Nc3ccc(/C(C)=N\NC(=O)CN4CCOCC4)cc3[C@@H]3C=CC[C@@H]32)cc1. The van der Waals surface area contributed by atoms with Crippen LogP contribution in [0.4, 0.5) is 5.69 Å². The van der Waals surface area contributed by atoms with Crippen molar-refractivity contribution in [2.75, 3.05) is 45.3 Å². The number of benzene rings is 2. The summed E-state index contributed by atoms with van der Waals surface area (Å²) in [5.74, 6) is 0.221. The fourth-order valence-electron chi connectivity index (χ4n) is 5.30. The smallest absolute Gasteiger partial charge is 0.337 e. The van der Waals surface area contributed by atoms with E-state index in [0.29, 0.717) is 31.2 Å². The minimum Gasteiger partial charge on any atom is -0.465 e. The summed E-state index contributed by atoms with van der Waals surface area (Å²) in [5.41, 5.74) is 8.50. The third-order valence-electron chi connectivity index (χ3n) is 7.29. The van der Waals surface area contributed by atoms with Crippen LogP contribution in [0.2, 0.25) is 0 Å². The molecule has 3 atom stereocenters. The Hall–Kier alpha value is -3.49. The molecule has 0 saturated carbocycles. The van der Waals surface area contributed by atoms with Gasteiger partial charge in [-0.15, -0.1) is 0 Å². The van der Waals surface area contributed by atoms with Crippen molar-refractivity contribution in [1.29, 1.82) is 0 Å². The number of carbonyl (C=O) groups is 2. The lowest BCUT2D eigenvalue weighted by atomic mass is 9.76. The summed E-state index contributed by atoms with van der Waals surface area (Å²) in [6.07, 6.45) is 5.53. The van der Waals surface area contributed by atoms with Crippen LogP contribution in [0, 0.1) is 5.92 Å². The van der Waals surface area contributed by atoms with Gasteiger partial charge in [-0.25, -0.2) is 10.2 Å². The van der Waals surface area contributed by atoms with Crippen molar-refractivity contribution >= 4 is 23.3 Å². The maximum atomic E-state index is 12.3. The number of amides is 1. The molecule has 0 unspecified atom stereocenters. The predicted molar refractivity (Wildman–Crippen MR) is 138 cm³/mol. The number of nitrogens with one attached hydrogen (secondary N) is 2. The van der Waals surface area contributed by atoms with E-state index in [-0.39, 0.29) is 23.8 Å². The number of anilines is 1. The highest BCUT2D eigenvalue weighted by Gasteiger charge is 2.38. The number of ether oxygens (including phenoxy) is 2. The summed E-state index contributed by atoms with van der Waals surface area (Å²) in [6, 6.07) is 14.1. The molecular weight excluding hydrogens is 456 g/mol. The van der Waals surface area contributed by atoms with Crippen LogP contribution in [0.3, 0.4) is 0 Å². The minimum absolute atomic E-state index is 0.115. The second-order valence-corrected chi connectivity index (χ2v) is 9.51. The Morgan fingerprint density at radius 3 is 2.64 bits per heavy atom. The van der Waals surface area contributed by atoms with Crippen LogP contribution < -0.4 is 10.7 Å². The van der Waals surface area contributed by atoms with E-state index in [4.69, 9.17) is 9.47 Å². The van der Waals surface area contributed by atoms with E-state index in [0.717, 1.165) is 42.0 Å². The first-order chi connectivity index (χ1) is 17.5. The molecule has 0 bridgehead atoms. The number of hydrogen-bond acceptors (Lipinski definition) is 7. The Morgan fingerprint density at radius 2 is 1.89 bits per heavy atom. The van der Waals surface area contributed by atoms with Gasteiger partial charge >= 0.3 is 5.97 Å². The van der Waals surface area contributed by atoms with E-state index in [2.05, 4.69) is 45.0 Å². The molecule has 2 heterocycles. The largest absolute Gasteiger partial charge is 0.465 e. The lowest BCUT2D eigenvalue weighted by Gasteiger charge is -2.37. The number of carbonyl (C=O) groups excluding carboxylic acids is 2. The molecule has 1 amide bonds. The third kappa shape index (κ3) is 5.05. The van der Waals surface area contributed by atoms with Crippen molar-refractivity contribution in [2.45, 2.75) is 25.3 Å². The topological polar surface area (TPSA) is 92.3 Å². The maximum absolute atomic E-state index is 12.3. The minimum atomic E-state index is -0.328. The van der Waals surface area contributed by atoms with Gasteiger partial charge in [-0.2, -0.15) is 5.10 Å². The highest BCUT2D eigenvalue weighted by molar-refractivity contribution is 6.00. The van der Waals surface area contributed by atoms with Crippen LogP contribution in [0.1, 0.15) is 52.4 Å². The molecule has 1 aliphatic carbocycles. The van der Waals surface area contributed by atoms with Crippen molar-refractivity contribution in [2.24, 2.45) is 11.0 Å². The Balaban J connectivity index is 1.31. The third-order valence-corrected chi connectivity index (χ3v) is 7.29. The molecule has 0 radical (unpaired) electrons. The van der Waals surface area contributed by atoms with Gasteiger partial charge in [-0.1, -0.05) is 30.4 Å². The molecule has 8 heteroatoms. The van der Waals surface area contributed by atoms with Crippen LogP contribution in [0.5, 0.6) is 0 Å². The molecule has 5 rings (SSSR count). The molecule has 2 aromatic rings. The molecule has 0 spiro atoms. The molecule has 0 aromatic heterocycles. The van der Waals surface area contributed by atoms with Gasteiger partial charge < -0.3 is 14.8 Å². The monoisotopic (exact) mass is 488 g/mol. The number of fused-ring (bicyclic) bond motifs is 3. The number of morpholine rings is 1. The first kappa shape index (κ1) is 24.2. The Labute approximate surface area is 211 Å². The number of rotatable bonds is 6. The van der Waals surface area contributed by atoms with Gasteiger partial charge in [0.05, 0.1) is 44.2 Å². The summed E-state index contributed by atoms with van der Waals surface area (Å²) < 4.78 is 10.2. The van der Waals surface area contributed by atoms with E-state index in [1.54, 1.807) is 0 Å². The second-order valence-electron chi connectivity index (χ2n) is 9.51. The molecule has 36 heavy (non-hydrogen) atoms.